The zero-order valence-electron chi connectivity index (χ0n) is 35.2. The molecule has 0 aliphatic heterocycles. The first-order chi connectivity index (χ1) is 29.8. The van der Waals surface area contributed by atoms with E-state index in [1.54, 1.807) is 0 Å². The molecule has 1 nitrogen and oxygen atoms in total. The van der Waals surface area contributed by atoms with Crippen molar-refractivity contribution >= 4 is 17.1 Å². The Morgan fingerprint density at radius 3 is 1.43 bits per heavy atom. The van der Waals surface area contributed by atoms with E-state index in [1.807, 2.05) is 0 Å². The number of nitrogens with zero attached hydrogens (tertiary/aromatic N) is 1. The Bertz CT molecular complexity index is 3130. The van der Waals surface area contributed by atoms with Crippen molar-refractivity contribution in [1.82, 2.24) is 0 Å². The predicted molar refractivity (Wildman–Crippen MR) is 258 cm³/mol. The van der Waals surface area contributed by atoms with Crippen molar-refractivity contribution in [3.8, 4) is 66.8 Å². The molecule has 0 atom stereocenters. The maximum Gasteiger partial charge on any atom is 0.0546 e. The van der Waals surface area contributed by atoms with Gasteiger partial charge >= 0.3 is 0 Å². The van der Waals surface area contributed by atoms with Crippen molar-refractivity contribution in [2.24, 2.45) is 0 Å². The Morgan fingerprint density at radius 2 is 0.738 bits per heavy atom. The maximum absolute atomic E-state index is 2.56. The van der Waals surface area contributed by atoms with E-state index in [4.69, 9.17) is 0 Å². The van der Waals surface area contributed by atoms with Crippen molar-refractivity contribution in [2.45, 2.75) is 38.5 Å². The standard InChI is InChI=1S/C60H47N/c1-59(2)52-33-16-14-27-46(52)51-39-42(37-38-54(51)59)61(55-35-18-15-28-47(55)50-32-19-31-49-45-26-13-17-34-53(45)60(3,4)58(49)50)56-36-20-30-44(41-23-9-6-10-24-41)57(56)48-29-12-11-25-43(48)40-21-7-5-8-22-40/h5-39H,1-4H3. The number of rotatable bonds is 7. The Kier molecular flexibility index (Phi) is 8.58. The van der Waals surface area contributed by atoms with E-state index in [0.717, 1.165) is 17.1 Å². The van der Waals surface area contributed by atoms with Gasteiger partial charge in [-0.2, -0.15) is 0 Å². The average molecular weight is 782 g/mol. The summed E-state index contributed by atoms with van der Waals surface area (Å²) in [5.74, 6) is 0. The summed E-state index contributed by atoms with van der Waals surface area (Å²) < 4.78 is 0. The predicted octanol–water partition coefficient (Wildman–Crippen LogP) is 16.4. The minimum atomic E-state index is -0.184. The van der Waals surface area contributed by atoms with Gasteiger partial charge in [0.1, 0.15) is 0 Å². The molecule has 2 aliphatic rings. The topological polar surface area (TPSA) is 3.24 Å². The second-order valence-corrected chi connectivity index (χ2v) is 17.6. The molecule has 9 aromatic carbocycles. The highest BCUT2D eigenvalue weighted by atomic mass is 15.1. The lowest BCUT2D eigenvalue weighted by Gasteiger charge is -2.33. The maximum atomic E-state index is 2.56. The molecular formula is C60H47N. The lowest BCUT2D eigenvalue weighted by Crippen LogP contribution is -2.18. The van der Waals surface area contributed by atoms with E-state index in [1.165, 1.54) is 89.0 Å². The van der Waals surface area contributed by atoms with Gasteiger partial charge in [0.15, 0.2) is 0 Å². The van der Waals surface area contributed by atoms with Gasteiger partial charge in [0.25, 0.3) is 0 Å². The first-order valence-corrected chi connectivity index (χ1v) is 21.5. The molecule has 0 spiro atoms. The van der Waals surface area contributed by atoms with Crippen LogP contribution in [0.2, 0.25) is 0 Å². The van der Waals surface area contributed by atoms with Gasteiger partial charge in [-0.3, -0.25) is 0 Å². The summed E-state index contributed by atoms with van der Waals surface area (Å²) in [6, 6.07) is 78.7. The molecule has 2 aliphatic carbocycles. The van der Waals surface area contributed by atoms with E-state index in [2.05, 4.69) is 245 Å². The molecule has 0 aromatic heterocycles. The summed E-state index contributed by atoms with van der Waals surface area (Å²) in [6.45, 7) is 9.51. The van der Waals surface area contributed by atoms with Crippen LogP contribution in [0.3, 0.4) is 0 Å². The normalized spacial score (nSPS) is 13.8. The quantitative estimate of drug-likeness (QED) is 0.156. The third-order valence-corrected chi connectivity index (χ3v) is 13.5. The van der Waals surface area contributed by atoms with Gasteiger partial charge in [-0.15, -0.1) is 0 Å². The second kappa shape index (κ2) is 14.2. The zero-order valence-corrected chi connectivity index (χ0v) is 35.2. The minimum Gasteiger partial charge on any atom is -0.309 e. The van der Waals surface area contributed by atoms with Crippen LogP contribution in [0.5, 0.6) is 0 Å². The van der Waals surface area contributed by atoms with Gasteiger partial charge in [-0.05, 0) is 102 Å². The third-order valence-electron chi connectivity index (χ3n) is 13.5. The number of hydrogen-bond donors (Lipinski definition) is 0. The minimum absolute atomic E-state index is 0.106. The molecule has 0 radical (unpaired) electrons. The van der Waals surface area contributed by atoms with Crippen LogP contribution in [-0.2, 0) is 10.8 Å². The molecule has 0 bridgehead atoms. The average Bonchev–Trinajstić information content (AvgIpc) is 3.69. The molecule has 292 valence electrons. The molecule has 0 heterocycles. The Balaban J connectivity index is 1.24. The lowest BCUT2D eigenvalue weighted by atomic mass is 9.78. The Morgan fingerprint density at radius 1 is 0.295 bits per heavy atom. The van der Waals surface area contributed by atoms with Crippen molar-refractivity contribution < 1.29 is 0 Å². The smallest absolute Gasteiger partial charge is 0.0546 e. The number of anilines is 3. The van der Waals surface area contributed by atoms with E-state index in [-0.39, 0.29) is 10.8 Å². The van der Waals surface area contributed by atoms with Crippen LogP contribution in [0.1, 0.15) is 49.9 Å². The Labute approximate surface area is 360 Å². The summed E-state index contributed by atoms with van der Waals surface area (Å²) in [7, 11) is 0. The highest BCUT2D eigenvalue weighted by molar-refractivity contribution is 6.04. The molecular weight excluding hydrogens is 735 g/mol. The molecule has 0 amide bonds. The van der Waals surface area contributed by atoms with Crippen LogP contribution in [0, 0.1) is 0 Å². The van der Waals surface area contributed by atoms with Crippen molar-refractivity contribution in [3.05, 3.63) is 235 Å². The molecule has 61 heavy (non-hydrogen) atoms. The van der Waals surface area contributed by atoms with Crippen LogP contribution >= 0.6 is 0 Å². The summed E-state index contributed by atoms with van der Waals surface area (Å²) in [4.78, 5) is 2.56. The SMILES string of the molecule is CC1(C)c2ccccc2-c2cc(N(c3ccccc3-c3cccc4c3C(C)(C)c3ccccc3-4)c3cccc(-c4ccccc4)c3-c3ccccc3-c3ccccc3)ccc21. The molecule has 0 N–H and O–H groups in total. The van der Waals surface area contributed by atoms with E-state index in [0.29, 0.717) is 0 Å². The van der Waals surface area contributed by atoms with Gasteiger partial charge < -0.3 is 4.90 Å². The van der Waals surface area contributed by atoms with Gasteiger partial charge in [0.05, 0.1) is 11.4 Å². The highest BCUT2D eigenvalue weighted by Gasteiger charge is 2.39. The van der Waals surface area contributed by atoms with Crippen molar-refractivity contribution in [2.75, 3.05) is 4.90 Å². The lowest BCUT2D eigenvalue weighted by molar-refractivity contribution is 0.660. The largest absolute Gasteiger partial charge is 0.309 e. The summed E-state index contributed by atoms with van der Waals surface area (Å²) in [5.41, 5.74) is 23.4. The molecule has 0 saturated carbocycles. The first-order valence-electron chi connectivity index (χ1n) is 21.5. The molecule has 9 aromatic rings. The van der Waals surface area contributed by atoms with Crippen molar-refractivity contribution in [3.63, 3.8) is 0 Å². The van der Waals surface area contributed by atoms with Gasteiger partial charge in [-0.25, -0.2) is 0 Å². The zero-order chi connectivity index (χ0) is 41.3. The monoisotopic (exact) mass is 781 g/mol. The van der Waals surface area contributed by atoms with Crippen molar-refractivity contribution in [1.29, 1.82) is 0 Å². The van der Waals surface area contributed by atoms with Crippen LogP contribution in [0.25, 0.3) is 66.8 Å². The number of benzene rings is 9. The fraction of sp³-hybridized carbons (Fsp3) is 0.100. The second-order valence-electron chi connectivity index (χ2n) is 17.6. The van der Waals surface area contributed by atoms with Crippen LogP contribution < -0.4 is 4.90 Å². The fourth-order valence-corrected chi connectivity index (χ4v) is 10.7. The molecule has 0 unspecified atom stereocenters. The number of para-hydroxylation sites is 1. The first kappa shape index (κ1) is 36.8. The van der Waals surface area contributed by atoms with Crippen LogP contribution in [0.15, 0.2) is 212 Å². The van der Waals surface area contributed by atoms with Gasteiger partial charge in [0, 0.05) is 27.6 Å². The van der Waals surface area contributed by atoms with E-state index < -0.39 is 0 Å². The molecule has 0 saturated heterocycles. The number of fused-ring (bicyclic) bond motifs is 6. The summed E-state index contributed by atoms with van der Waals surface area (Å²) in [6.07, 6.45) is 0. The summed E-state index contributed by atoms with van der Waals surface area (Å²) in [5, 5.41) is 0. The van der Waals surface area contributed by atoms with Gasteiger partial charge in [0.2, 0.25) is 0 Å². The molecule has 11 rings (SSSR count). The molecule has 1 heteroatoms. The van der Waals surface area contributed by atoms with E-state index >= 15 is 0 Å². The fourth-order valence-electron chi connectivity index (χ4n) is 10.7. The van der Waals surface area contributed by atoms with Crippen LogP contribution in [0.4, 0.5) is 17.1 Å². The summed E-state index contributed by atoms with van der Waals surface area (Å²) >= 11 is 0. The highest BCUT2D eigenvalue weighted by Crippen LogP contribution is 2.56. The van der Waals surface area contributed by atoms with Crippen LogP contribution in [-0.4, -0.2) is 0 Å². The third kappa shape index (κ3) is 5.76. The van der Waals surface area contributed by atoms with E-state index in [9.17, 15) is 0 Å². The molecule has 0 fully saturated rings. The number of hydrogen-bond acceptors (Lipinski definition) is 1. The van der Waals surface area contributed by atoms with Gasteiger partial charge in [-0.1, -0.05) is 216 Å². The Hall–Kier alpha value is -7.22.